The van der Waals surface area contributed by atoms with Gasteiger partial charge in [0.15, 0.2) is 0 Å². The molecule has 0 atom stereocenters. The van der Waals surface area contributed by atoms with Crippen molar-refractivity contribution in [3.05, 3.63) is 119 Å². The molecule has 0 amide bonds. The lowest BCUT2D eigenvalue weighted by Gasteiger charge is -2.02. The van der Waals surface area contributed by atoms with E-state index in [1.165, 1.54) is 62.6 Å². The van der Waals surface area contributed by atoms with Gasteiger partial charge in [0, 0.05) is 40.3 Å². The van der Waals surface area contributed by atoms with Crippen LogP contribution in [0, 0.1) is 0 Å². The van der Waals surface area contributed by atoms with Crippen LogP contribution >= 0.6 is 22.7 Å². The lowest BCUT2D eigenvalue weighted by Crippen LogP contribution is -1.85. The van der Waals surface area contributed by atoms with Gasteiger partial charge in [-0.15, -0.1) is 22.7 Å². The molecule has 0 saturated carbocycles. The second-order valence-corrected chi connectivity index (χ2v) is 11.5. The molecule has 0 fully saturated rings. The third-order valence-electron chi connectivity index (χ3n) is 6.94. The van der Waals surface area contributed by atoms with E-state index in [4.69, 9.17) is 0 Å². The number of benzene rings is 4. The summed E-state index contributed by atoms with van der Waals surface area (Å²) in [7, 11) is 0. The van der Waals surface area contributed by atoms with Crippen molar-refractivity contribution in [2.45, 2.75) is 25.7 Å². The Morgan fingerprint density at radius 2 is 0.618 bits per heavy atom. The van der Waals surface area contributed by atoms with E-state index in [0.29, 0.717) is 0 Å². The molecule has 7 rings (SSSR count). The molecule has 0 saturated heterocycles. The molecular formula is C32H24S2. The van der Waals surface area contributed by atoms with E-state index in [-0.39, 0.29) is 0 Å². The Labute approximate surface area is 207 Å². The van der Waals surface area contributed by atoms with Gasteiger partial charge in [-0.05, 0) is 96.5 Å². The summed E-state index contributed by atoms with van der Waals surface area (Å²) >= 11 is 3.81. The summed E-state index contributed by atoms with van der Waals surface area (Å²) in [4.78, 5) is 0. The SMILES string of the molecule is C1=CCc2ccc3sc4ccc(cc4c3c2)C/C=C\Cc2ccc3sc4ccc(cc4c3c2)C1. The fourth-order valence-corrected chi connectivity index (χ4v) is 7.26. The minimum atomic E-state index is 0.975. The Kier molecular flexibility index (Phi) is 4.89. The number of fused-ring (bicyclic) bond motifs is 4. The van der Waals surface area contributed by atoms with Crippen molar-refractivity contribution in [3.63, 3.8) is 0 Å². The van der Waals surface area contributed by atoms with Crippen LogP contribution in [-0.4, -0.2) is 0 Å². The van der Waals surface area contributed by atoms with E-state index in [1.807, 2.05) is 22.7 Å². The van der Waals surface area contributed by atoms with Crippen molar-refractivity contribution in [2.24, 2.45) is 0 Å². The van der Waals surface area contributed by atoms with Gasteiger partial charge < -0.3 is 0 Å². The van der Waals surface area contributed by atoms with Crippen molar-refractivity contribution in [1.29, 1.82) is 0 Å². The molecule has 34 heavy (non-hydrogen) atoms. The van der Waals surface area contributed by atoms with Gasteiger partial charge in [0.25, 0.3) is 0 Å². The maximum atomic E-state index is 2.40. The molecule has 2 heterocycles. The number of hydrogen-bond acceptors (Lipinski definition) is 2. The number of rotatable bonds is 0. The highest BCUT2D eigenvalue weighted by Crippen LogP contribution is 2.36. The van der Waals surface area contributed by atoms with Crippen molar-refractivity contribution in [2.75, 3.05) is 0 Å². The monoisotopic (exact) mass is 472 g/mol. The normalized spacial score (nSPS) is 15.3. The first-order valence-corrected chi connectivity index (χ1v) is 13.6. The Morgan fingerprint density at radius 3 is 0.882 bits per heavy atom. The lowest BCUT2D eigenvalue weighted by atomic mass is 10.0. The standard InChI is InChI=1S/C32H24S2/c1-2-6-22-10-14-30-26(18-22)28-20-24(12-16-32(28)34-30)8-4-3-7-23-11-15-31-27(19-23)25-17-21(5-1)9-13-29(25)33-31/h1-4,9-20H,5-8H2/b2-1-,4-3?. The summed E-state index contributed by atoms with van der Waals surface area (Å²) in [6.45, 7) is 0. The van der Waals surface area contributed by atoms with Gasteiger partial charge in [0.05, 0.1) is 0 Å². The molecule has 0 radical (unpaired) electrons. The molecule has 164 valence electrons. The van der Waals surface area contributed by atoms with Gasteiger partial charge in [-0.3, -0.25) is 0 Å². The number of allylic oxidation sites excluding steroid dienone is 4. The summed E-state index contributed by atoms with van der Waals surface area (Å²) in [5, 5.41) is 5.59. The van der Waals surface area contributed by atoms with Crippen molar-refractivity contribution >= 4 is 63.0 Å². The smallest absolute Gasteiger partial charge is 0.0355 e. The van der Waals surface area contributed by atoms with Crippen LogP contribution in [0.15, 0.2) is 97.1 Å². The Balaban J connectivity index is 1.34. The number of thiophene rings is 2. The fourth-order valence-electron chi connectivity index (χ4n) is 5.13. The van der Waals surface area contributed by atoms with Gasteiger partial charge in [-0.2, -0.15) is 0 Å². The van der Waals surface area contributed by atoms with E-state index in [9.17, 15) is 0 Å². The van der Waals surface area contributed by atoms with Gasteiger partial charge in [-0.25, -0.2) is 0 Å². The van der Waals surface area contributed by atoms with Crippen molar-refractivity contribution in [1.82, 2.24) is 0 Å². The summed E-state index contributed by atoms with van der Waals surface area (Å²) in [5.41, 5.74) is 5.54. The first-order chi connectivity index (χ1) is 16.8. The predicted molar refractivity (Wildman–Crippen MR) is 152 cm³/mol. The van der Waals surface area contributed by atoms with Crippen LogP contribution in [0.25, 0.3) is 40.3 Å². The van der Waals surface area contributed by atoms with E-state index in [2.05, 4.69) is 97.1 Å². The average molecular weight is 473 g/mol. The minimum Gasteiger partial charge on any atom is -0.135 e. The zero-order valence-electron chi connectivity index (χ0n) is 18.9. The molecule has 0 aliphatic heterocycles. The first kappa shape index (κ1) is 20.2. The maximum absolute atomic E-state index is 2.40. The van der Waals surface area contributed by atoms with Crippen LogP contribution < -0.4 is 0 Å². The molecule has 0 unspecified atom stereocenters. The molecular weight excluding hydrogens is 448 g/mol. The number of hydrogen-bond donors (Lipinski definition) is 0. The van der Waals surface area contributed by atoms with Gasteiger partial charge >= 0.3 is 0 Å². The second-order valence-electron chi connectivity index (χ2n) is 9.29. The largest absolute Gasteiger partial charge is 0.135 e. The van der Waals surface area contributed by atoms with Gasteiger partial charge in [0.2, 0.25) is 0 Å². The minimum absolute atomic E-state index is 0.975. The average Bonchev–Trinajstić information content (AvgIpc) is 3.41. The van der Waals surface area contributed by atoms with Crippen LogP contribution in [0.4, 0.5) is 0 Å². The molecule has 4 aromatic carbocycles. The fraction of sp³-hybridized carbons (Fsp3) is 0.125. The van der Waals surface area contributed by atoms with Crippen LogP contribution in [0.3, 0.4) is 0 Å². The van der Waals surface area contributed by atoms with Gasteiger partial charge in [-0.1, -0.05) is 48.6 Å². The van der Waals surface area contributed by atoms with E-state index in [0.717, 1.165) is 25.7 Å². The van der Waals surface area contributed by atoms with E-state index in [1.54, 1.807) is 0 Å². The van der Waals surface area contributed by atoms with Crippen molar-refractivity contribution < 1.29 is 0 Å². The van der Waals surface area contributed by atoms with Crippen LogP contribution in [0.1, 0.15) is 22.3 Å². The lowest BCUT2D eigenvalue weighted by molar-refractivity contribution is 1.21. The second kappa shape index (κ2) is 8.23. The Morgan fingerprint density at radius 1 is 0.353 bits per heavy atom. The molecule has 2 aromatic heterocycles. The van der Waals surface area contributed by atoms with Crippen LogP contribution in [0.2, 0.25) is 0 Å². The topological polar surface area (TPSA) is 0 Å². The Hall–Kier alpha value is -3.20. The van der Waals surface area contributed by atoms with E-state index < -0.39 is 0 Å². The van der Waals surface area contributed by atoms with Crippen LogP contribution in [-0.2, 0) is 25.7 Å². The zero-order chi connectivity index (χ0) is 22.5. The van der Waals surface area contributed by atoms with E-state index >= 15 is 0 Å². The summed E-state index contributed by atoms with van der Waals surface area (Å²) in [5.74, 6) is 0. The molecule has 0 nitrogen and oxygen atoms in total. The molecule has 1 aliphatic rings. The molecule has 1 aliphatic carbocycles. The summed E-state index contributed by atoms with van der Waals surface area (Å²) < 4.78 is 5.53. The third kappa shape index (κ3) is 3.58. The van der Waals surface area contributed by atoms with Crippen LogP contribution in [0.5, 0.6) is 0 Å². The van der Waals surface area contributed by atoms with Gasteiger partial charge in [0.1, 0.15) is 0 Å². The molecule has 2 heteroatoms. The highest BCUT2D eigenvalue weighted by molar-refractivity contribution is 7.26. The highest BCUT2D eigenvalue weighted by Gasteiger charge is 2.08. The molecule has 0 N–H and O–H groups in total. The molecule has 8 bridgehead atoms. The third-order valence-corrected chi connectivity index (χ3v) is 9.25. The highest BCUT2D eigenvalue weighted by atomic mass is 32.1. The summed E-state index contributed by atoms with van der Waals surface area (Å²) in [6.07, 6.45) is 13.2. The Bertz CT molecular complexity index is 1500. The first-order valence-electron chi connectivity index (χ1n) is 12.0. The maximum Gasteiger partial charge on any atom is 0.0355 e. The zero-order valence-corrected chi connectivity index (χ0v) is 20.5. The van der Waals surface area contributed by atoms with Crippen molar-refractivity contribution in [3.8, 4) is 0 Å². The molecule has 0 spiro atoms. The molecule has 6 aromatic rings. The quantitative estimate of drug-likeness (QED) is 0.193. The predicted octanol–water partition coefficient (Wildman–Crippen LogP) is 9.42. The summed E-state index contributed by atoms with van der Waals surface area (Å²) in [6, 6.07) is 28.0.